The lowest BCUT2D eigenvalue weighted by Crippen LogP contribution is -2.46. The van der Waals surface area contributed by atoms with Gasteiger partial charge in [-0.05, 0) is 43.0 Å². The molecule has 0 saturated carbocycles. The highest BCUT2D eigenvalue weighted by molar-refractivity contribution is 5.85. The molecule has 20 heavy (non-hydrogen) atoms. The quantitative estimate of drug-likeness (QED) is 0.909. The van der Waals surface area contributed by atoms with Crippen molar-refractivity contribution in [1.82, 2.24) is 5.32 Å². The molecule has 0 radical (unpaired) electrons. The van der Waals surface area contributed by atoms with E-state index in [1.807, 2.05) is 0 Å². The van der Waals surface area contributed by atoms with Gasteiger partial charge in [-0.25, -0.2) is 0 Å². The maximum atomic E-state index is 5.92. The Kier molecular flexibility index (Phi) is 3.77. The lowest BCUT2D eigenvalue weighted by molar-refractivity contribution is -0.00694. The van der Waals surface area contributed by atoms with Gasteiger partial charge < -0.3 is 10.1 Å². The van der Waals surface area contributed by atoms with Crippen LogP contribution in [0.3, 0.4) is 0 Å². The molecule has 2 heteroatoms. The molecular weight excluding hydrogens is 246 g/mol. The van der Waals surface area contributed by atoms with Crippen molar-refractivity contribution in [2.75, 3.05) is 6.61 Å². The molecule has 0 bridgehead atoms. The first-order chi connectivity index (χ1) is 9.69. The third-order valence-corrected chi connectivity index (χ3v) is 4.64. The summed E-state index contributed by atoms with van der Waals surface area (Å²) in [5, 5.41) is 6.30. The molecule has 1 aliphatic rings. The summed E-state index contributed by atoms with van der Waals surface area (Å²) >= 11 is 0. The minimum absolute atomic E-state index is 0.00934. The number of hydrogen-bond acceptors (Lipinski definition) is 2. The average Bonchev–Trinajstić information content (AvgIpc) is 2.93. The molecule has 2 aromatic carbocycles. The molecule has 0 amide bonds. The molecule has 2 unspecified atom stereocenters. The summed E-state index contributed by atoms with van der Waals surface area (Å²) in [7, 11) is 0. The molecule has 0 aliphatic carbocycles. The summed E-state index contributed by atoms with van der Waals surface area (Å²) in [6.07, 6.45) is 2.33. The molecule has 1 saturated heterocycles. The fourth-order valence-corrected chi connectivity index (χ4v) is 3.07. The summed E-state index contributed by atoms with van der Waals surface area (Å²) in [5.74, 6) is 0. The van der Waals surface area contributed by atoms with Crippen LogP contribution in [0.2, 0.25) is 0 Å². The second kappa shape index (κ2) is 5.55. The molecule has 3 rings (SSSR count). The van der Waals surface area contributed by atoms with Crippen LogP contribution in [-0.2, 0) is 11.3 Å². The minimum atomic E-state index is -0.00934. The number of hydrogen-bond donors (Lipinski definition) is 1. The van der Waals surface area contributed by atoms with Gasteiger partial charge in [0.1, 0.15) is 0 Å². The molecule has 2 aromatic rings. The van der Waals surface area contributed by atoms with Crippen molar-refractivity contribution in [1.29, 1.82) is 0 Å². The van der Waals surface area contributed by atoms with E-state index in [-0.39, 0.29) is 5.60 Å². The first-order valence-corrected chi connectivity index (χ1v) is 7.53. The zero-order valence-electron chi connectivity index (χ0n) is 12.4. The zero-order valence-corrected chi connectivity index (χ0v) is 12.4. The van der Waals surface area contributed by atoms with Crippen LogP contribution in [0.4, 0.5) is 0 Å². The average molecular weight is 269 g/mol. The monoisotopic (exact) mass is 269 g/mol. The lowest BCUT2D eigenvalue weighted by atomic mass is 9.94. The van der Waals surface area contributed by atoms with Crippen LogP contribution < -0.4 is 5.32 Å². The Morgan fingerprint density at radius 2 is 2.00 bits per heavy atom. The van der Waals surface area contributed by atoms with Crippen molar-refractivity contribution >= 4 is 10.8 Å². The zero-order chi connectivity index (χ0) is 14.0. The number of fused-ring (bicyclic) bond motifs is 1. The molecule has 1 N–H and O–H groups in total. The van der Waals surface area contributed by atoms with E-state index < -0.39 is 0 Å². The number of benzene rings is 2. The Morgan fingerprint density at radius 1 is 1.20 bits per heavy atom. The van der Waals surface area contributed by atoms with Crippen LogP contribution in [0.15, 0.2) is 42.5 Å². The maximum Gasteiger partial charge on any atom is 0.0804 e. The molecule has 106 valence electrons. The Morgan fingerprint density at radius 3 is 2.80 bits per heavy atom. The predicted octanol–water partition coefficient (Wildman–Crippen LogP) is 3.89. The Balaban J connectivity index is 1.74. The number of rotatable bonds is 4. The molecule has 2 nitrogen and oxygen atoms in total. The van der Waals surface area contributed by atoms with Crippen LogP contribution in [0.25, 0.3) is 10.8 Å². The van der Waals surface area contributed by atoms with E-state index in [9.17, 15) is 0 Å². The first kappa shape index (κ1) is 13.6. The van der Waals surface area contributed by atoms with Gasteiger partial charge in [0.25, 0.3) is 0 Å². The molecule has 0 spiro atoms. The van der Waals surface area contributed by atoms with Gasteiger partial charge in [0, 0.05) is 19.2 Å². The summed E-state index contributed by atoms with van der Waals surface area (Å²) < 4.78 is 5.92. The van der Waals surface area contributed by atoms with Crippen LogP contribution in [-0.4, -0.2) is 18.2 Å². The molecule has 2 atom stereocenters. The van der Waals surface area contributed by atoms with Gasteiger partial charge in [-0.2, -0.15) is 0 Å². The van der Waals surface area contributed by atoms with Gasteiger partial charge in [0.15, 0.2) is 0 Å². The van der Waals surface area contributed by atoms with E-state index in [2.05, 4.69) is 61.6 Å². The Bertz CT molecular complexity index is 581. The maximum absolute atomic E-state index is 5.92. The van der Waals surface area contributed by atoms with Gasteiger partial charge in [0.05, 0.1) is 5.60 Å². The normalized spacial score (nSPS) is 24.1. The summed E-state index contributed by atoms with van der Waals surface area (Å²) in [4.78, 5) is 0. The predicted molar refractivity (Wildman–Crippen MR) is 83.8 cm³/mol. The lowest BCUT2D eigenvalue weighted by Gasteiger charge is -2.31. The van der Waals surface area contributed by atoms with Gasteiger partial charge in [-0.1, -0.05) is 42.5 Å². The van der Waals surface area contributed by atoms with Crippen molar-refractivity contribution in [2.45, 2.75) is 44.9 Å². The molecule has 1 heterocycles. The second-order valence-electron chi connectivity index (χ2n) is 6.01. The van der Waals surface area contributed by atoms with E-state index in [1.54, 1.807) is 0 Å². The minimum Gasteiger partial charge on any atom is -0.374 e. The second-order valence-corrected chi connectivity index (χ2v) is 6.01. The SMILES string of the molecule is CC(NCc1cccc2ccccc12)C1(C)CCCO1. The Hall–Kier alpha value is -1.38. The van der Waals surface area contributed by atoms with E-state index in [0.29, 0.717) is 6.04 Å². The van der Waals surface area contributed by atoms with E-state index in [0.717, 1.165) is 19.6 Å². The Labute approximate surface area is 121 Å². The van der Waals surface area contributed by atoms with Crippen molar-refractivity contribution in [3.05, 3.63) is 48.0 Å². The van der Waals surface area contributed by atoms with Crippen molar-refractivity contribution in [2.24, 2.45) is 0 Å². The summed E-state index contributed by atoms with van der Waals surface area (Å²) in [5.41, 5.74) is 1.35. The highest BCUT2D eigenvalue weighted by Crippen LogP contribution is 2.29. The first-order valence-electron chi connectivity index (χ1n) is 7.53. The van der Waals surface area contributed by atoms with E-state index in [4.69, 9.17) is 4.74 Å². The van der Waals surface area contributed by atoms with Gasteiger partial charge >= 0.3 is 0 Å². The molecule has 1 fully saturated rings. The largest absolute Gasteiger partial charge is 0.374 e. The summed E-state index contributed by atoms with van der Waals surface area (Å²) in [6.45, 7) is 6.25. The van der Waals surface area contributed by atoms with Crippen LogP contribution >= 0.6 is 0 Å². The standard InChI is InChI=1S/C18H23NO/c1-14(18(2)11-6-12-20-18)19-13-16-9-5-8-15-7-3-4-10-17(15)16/h3-5,7-10,14,19H,6,11-13H2,1-2H3. The molecular formula is C18H23NO. The topological polar surface area (TPSA) is 21.3 Å². The van der Waals surface area contributed by atoms with Crippen molar-refractivity contribution in [3.8, 4) is 0 Å². The van der Waals surface area contributed by atoms with Crippen molar-refractivity contribution < 1.29 is 4.74 Å². The number of ether oxygens (including phenoxy) is 1. The third kappa shape index (κ3) is 2.58. The molecule has 1 aliphatic heterocycles. The van der Waals surface area contributed by atoms with Crippen LogP contribution in [0.5, 0.6) is 0 Å². The smallest absolute Gasteiger partial charge is 0.0804 e. The molecule has 0 aromatic heterocycles. The van der Waals surface area contributed by atoms with Crippen LogP contribution in [0.1, 0.15) is 32.3 Å². The van der Waals surface area contributed by atoms with Gasteiger partial charge in [-0.15, -0.1) is 0 Å². The van der Waals surface area contributed by atoms with Crippen LogP contribution in [0, 0.1) is 0 Å². The fraction of sp³-hybridized carbons (Fsp3) is 0.444. The van der Waals surface area contributed by atoms with E-state index in [1.165, 1.54) is 22.8 Å². The van der Waals surface area contributed by atoms with Gasteiger partial charge in [-0.3, -0.25) is 0 Å². The number of nitrogens with one attached hydrogen (secondary N) is 1. The van der Waals surface area contributed by atoms with Gasteiger partial charge in [0.2, 0.25) is 0 Å². The van der Waals surface area contributed by atoms with Crippen molar-refractivity contribution in [3.63, 3.8) is 0 Å². The van der Waals surface area contributed by atoms with E-state index >= 15 is 0 Å². The summed E-state index contributed by atoms with van der Waals surface area (Å²) in [6, 6.07) is 15.5. The fourth-order valence-electron chi connectivity index (χ4n) is 3.07. The highest BCUT2D eigenvalue weighted by Gasteiger charge is 2.35. The third-order valence-electron chi connectivity index (χ3n) is 4.64. The highest BCUT2D eigenvalue weighted by atomic mass is 16.5.